The number of rotatable bonds is 6. The van der Waals surface area contributed by atoms with Crippen molar-refractivity contribution in [2.75, 3.05) is 43.1 Å². The van der Waals surface area contributed by atoms with E-state index in [0.29, 0.717) is 30.0 Å². The Balaban J connectivity index is 1.72. The molecule has 0 bridgehead atoms. The van der Waals surface area contributed by atoms with Gasteiger partial charge in [-0.2, -0.15) is 4.98 Å². The third-order valence-corrected chi connectivity index (χ3v) is 4.40. The molecule has 158 valence electrons. The minimum atomic E-state index is -0.571. The lowest BCUT2D eigenvalue weighted by atomic mass is 10.2. The smallest absolute Gasteiger partial charge is 0.407 e. The predicted octanol–water partition coefficient (Wildman–Crippen LogP) is 2.97. The zero-order valence-electron chi connectivity index (χ0n) is 16.9. The van der Waals surface area contributed by atoms with Crippen LogP contribution in [0, 0.1) is 0 Å². The summed E-state index contributed by atoms with van der Waals surface area (Å²) in [6.45, 7) is 8.50. The molecule has 10 heteroatoms. The van der Waals surface area contributed by atoms with Gasteiger partial charge in [-0.15, -0.1) is 5.10 Å². The number of benzene rings is 1. The summed E-state index contributed by atoms with van der Waals surface area (Å²) in [5.41, 5.74) is 0.272. The number of amides is 1. The summed E-state index contributed by atoms with van der Waals surface area (Å²) in [6, 6.07) is 6.97. The standard InChI is InChI=1S/C19H27ClN6O3/c1-19(2,3)29-18(27)21-12-15(22-14-6-4-13(20)5-7-14)16-23-17(25-24-16)26-8-10-28-11-9-26/h4-7,15,22H,8-12H2,1-3H3,(H,21,27)(H,23,24,25). The van der Waals surface area contributed by atoms with Crippen molar-refractivity contribution in [3.05, 3.63) is 35.1 Å². The fraction of sp³-hybridized carbons (Fsp3) is 0.526. The zero-order valence-corrected chi connectivity index (χ0v) is 17.6. The van der Waals surface area contributed by atoms with Crippen LogP contribution in [0.15, 0.2) is 24.3 Å². The Morgan fingerprint density at radius 1 is 1.31 bits per heavy atom. The van der Waals surface area contributed by atoms with E-state index < -0.39 is 11.7 Å². The average molecular weight is 423 g/mol. The largest absolute Gasteiger partial charge is 0.444 e. The molecule has 1 aromatic heterocycles. The summed E-state index contributed by atoms with van der Waals surface area (Å²) in [6.07, 6.45) is -0.492. The number of nitrogens with zero attached hydrogens (tertiary/aromatic N) is 3. The number of H-pyrrole nitrogens is 1. The number of halogens is 1. The lowest BCUT2D eigenvalue weighted by Crippen LogP contribution is -2.37. The van der Waals surface area contributed by atoms with E-state index >= 15 is 0 Å². The van der Waals surface area contributed by atoms with Crippen LogP contribution in [0.4, 0.5) is 16.4 Å². The molecule has 29 heavy (non-hydrogen) atoms. The Labute approximate surface area is 175 Å². The third kappa shape index (κ3) is 6.50. The SMILES string of the molecule is CC(C)(C)OC(=O)NCC(Nc1ccc(Cl)cc1)c1nc(N2CCOCC2)n[nH]1. The van der Waals surface area contributed by atoms with E-state index in [1.807, 2.05) is 32.9 Å². The van der Waals surface area contributed by atoms with Crippen molar-refractivity contribution < 1.29 is 14.3 Å². The molecule has 1 saturated heterocycles. The molecule has 0 spiro atoms. The second kappa shape index (κ2) is 9.32. The second-order valence-corrected chi connectivity index (χ2v) is 8.14. The van der Waals surface area contributed by atoms with E-state index in [4.69, 9.17) is 21.1 Å². The molecule has 1 atom stereocenters. The van der Waals surface area contributed by atoms with Crippen molar-refractivity contribution in [3.8, 4) is 0 Å². The molecular formula is C19H27ClN6O3. The topological polar surface area (TPSA) is 104 Å². The van der Waals surface area contributed by atoms with Crippen LogP contribution in [0.3, 0.4) is 0 Å². The first kappa shape index (κ1) is 21.2. The molecule has 1 aliphatic rings. The Morgan fingerprint density at radius 2 is 2.00 bits per heavy atom. The van der Waals surface area contributed by atoms with Gasteiger partial charge >= 0.3 is 6.09 Å². The van der Waals surface area contributed by atoms with Gasteiger partial charge in [0, 0.05) is 30.3 Å². The molecule has 3 rings (SSSR count). The molecule has 1 unspecified atom stereocenters. The first-order valence-corrected chi connectivity index (χ1v) is 9.92. The Bertz CT molecular complexity index is 799. The summed E-state index contributed by atoms with van der Waals surface area (Å²) >= 11 is 5.97. The Hall–Kier alpha value is -2.52. The number of aromatic nitrogens is 3. The van der Waals surface area contributed by atoms with Crippen LogP contribution in [-0.4, -0.2) is 59.7 Å². The van der Waals surface area contributed by atoms with Crippen LogP contribution < -0.4 is 15.5 Å². The van der Waals surface area contributed by atoms with Gasteiger partial charge in [0.05, 0.1) is 13.2 Å². The normalized spacial score (nSPS) is 15.7. The quantitative estimate of drug-likeness (QED) is 0.657. The summed E-state index contributed by atoms with van der Waals surface area (Å²) in [5, 5.41) is 14.1. The Morgan fingerprint density at radius 3 is 2.66 bits per heavy atom. The number of aromatic amines is 1. The summed E-state index contributed by atoms with van der Waals surface area (Å²) in [5.74, 6) is 1.22. The minimum Gasteiger partial charge on any atom is -0.444 e. The maximum absolute atomic E-state index is 12.1. The van der Waals surface area contributed by atoms with Gasteiger partial charge in [-0.25, -0.2) is 4.79 Å². The van der Waals surface area contributed by atoms with Gasteiger partial charge in [0.2, 0.25) is 5.95 Å². The van der Waals surface area contributed by atoms with Crippen molar-refractivity contribution in [2.24, 2.45) is 0 Å². The molecule has 2 aromatic rings. The van der Waals surface area contributed by atoms with Crippen molar-refractivity contribution in [1.82, 2.24) is 20.5 Å². The van der Waals surface area contributed by atoms with E-state index in [9.17, 15) is 4.79 Å². The summed E-state index contributed by atoms with van der Waals surface area (Å²) < 4.78 is 10.7. The molecule has 0 saturated carbocycles. The van der Waals surface area contributed by atoms with Gasteiger partial charge in [0.15, 0.2) is 5.82 Å². The van der Waals surface area contributed by atoms with Crippen LogP contribution in [0.1, 0.15) is 32.6 Å². The van der Waals surface area contributed by atoms with Crippen molar-refractivity contribution in [3.63, 3.8) is 0 Å². The maximum Gasteiger partial charge on any atom is 0.407 e. The number of morpholine rings is 1. The number of anilines is 2. The minimum absolute atomic E-state index is 0.259. The highest BCUT2D eigenvalue weighted by Gasteiger charge is 2.22. The zero-order chi connectivity index (χ0) is 20.9. The number of carbonyl (C=O) groups is 1. The lowest BCUT2D eigenvalue weighted by molar-refractivity contribution is 0.0525. The van der Waals surface area contributed by atoms with E-state index in [1.165, 1.54) is 0 Å². The second-order valence-electron chi connectivity index (χ2n) is 7.71. The van der Waals surface area contributed by atoms with Crippen molar-refractivity contribution >= 4 is 29.3 Å². The predicted molar refractivity (Wildman–Crippen MR) is 111 cm³/mol. The van der Waals surface area contributed by atoms with Crippen LogP contribution in [0.2, 0.25) is 5.02 Å². The number of ether oxygens (including phenoxy) is 2. The number of hydrogen-bond donors (Lipinski definition) is 3. The van der Waals surface area contributed by atoms with Gasteiger partial charge in [-0.05, 0) is 45.0 Å². The third-order valence-electron chi connectivity index (χ3n) is 4.15. The average Bonchev–Trinajstić information content (AvgIpc) is 3.16. The van der Waals surface area contributed by atoms with Crippen molar-refractivity contribution in [2.45, 2.75) is 32.4 Å². The van der Waals surface area contributed by atoms with E-state index in [2.05, 4.69) is 30.7 Å². The van der Waals surface area contributed by atoms with E-state index in [1.54, 1.807) is 12.1 Å². The van der Waals surface area contributed by atoms with Gasteiger partial charge in [-0.1, -0.05) is 11.6 Å². The van der Waals surface area contributed by atoms with Crippen LogP contribution in [0.25, 0.3) is 0 Å². The van der Waals surface area contributed by atoms with Crippen LogP contribution in [0.5, 0.6) is 0 Å². The van der Waals surface area contributed by atoms with Gasteiger partial charge in [-0.3, -0.25) is 5.10 Å². The summed E-state index contributed by atoms with van der Waals surface area (Å²) in [7, 11) is 0. The molecule has 0 radical (unpaired) electrons. The molecule has 1 aromatic carbocycles. The monoisotopic (exact) mass is 422 g/mol. The molecule has 2 heterocycles. The van der Waals surface area contributed by atoms with Gasteiger partial charge in [0.25, 0.3) is 0 Å². The molecule has 1 fully saturated rings. The molecule has 0 aliphatic carbocycles. The molecule has 9 nitrogen and oxygen atoms in total. The van der Waals surface area contributed by atoms with Crippen LogP contribution >= 0.6 is 11.6 Å². The first-order valence-electron chi connectivity index (χ1n) is 9.54. The lowest BCUT2D eigenvalue weighted by Gasteiger charge is -2.25. The highest BCUT2D eigenvalue weighted by molar-refractivity contribution is 6.30. The van der Waals surface area contributed by atoms with Gasteiger partial charge < -0.3 is 25.0 Å². The highest BCUT2D eigenvalue weighted by atomic mass is 35.5. The highest BCUT2D eigenvalue weighted by Crippen LogP contribution is 2.21. The van der Waals surface area contributed by atoms with Gasteiger partial charge in [0.1, 0.15) is 11.6 Å². The molecule has 1 amide bonds. The molecular weight excluding hydrogens is 396 g/mol. The van der Waals surface area contributed by atoms with E-state index in [0.717, 1.165) is 18.8 Å². The fourth-order valence-corrected chi connectivity index (χ4v) is 2.91. The first-order chi connectivity index (χ1) is 13.8. The number of alkyl carbamates (subject to hydrolysis) is 1. The Kier molecular flexibility index (Phi) is 6.81. The van der Waals surface area contributed by atoms with Crippen molar-refractivity contribution in [1.29, 1.82) is 0 Å². The molecule has 3 N–H and O–H groups in total. The fourth-order valence-electron chi connectivity index (χ4n) is 2.79. The van der Waals surface area contributed by atoms with E-state index in [-0.39, 0.29) is 12.6 Å². The number of carbonyl (C=O) groups excluding carboxylic acids is 1. The maximum atomic E-state index is 12.1. The summed E-state index contributed by atoms with van der Waals surface area (Å²) in [4.78, 5) is 18.8. The van der Waals surface area contributed by atoms with Crippen LogP contribution in [-0.2, 0) is 9.47 Å². The molecule has 1 aliphatic heterocycles. The number of nitrogens with one attached hydrogen (secondary N) is 3. The number of hydrogen-bond acceptors (Lipinski definition) is 7.